The number of hydrogen-bond donors (Lipinski definition) is 0. The predicted molar refractivity (Wildman–Crippen MR) is 43.5 cm³/mol. The van der Waals surface area contributed by atoms with Crippen LogP contribution in [-0.2, 0) is 11.8 Å². The third-order valence-corrected chi connectivity index (χ3v) is 1.42. The first-order valence-corrected chi connectivity index (χ1v) is 4.07. The molecule has 0 aliphatic rings. The van der Waals surface area contributed by atoms with Gasteiger partial charge in [0, 0.05) is 6.61 Å². The van der Waals surface area contributed by atoms with Gasteiger partial charge in [-0.25, -0.2) is 4.57 Å². The van der Waals surface area contributed by atoms with E-state index in [0.29, 0.717) is 13.2 Å². The summed E-state index contributed by atoms with van der Waals surface area (Å²) in [7, 11) is 1.95. The van der Waals surface area contributed by atoms with E-state index in [0.717, 1.165) is 6.61 Å². The molecule has 12 heavy (non-hydrogen) atoms. The van der Waals surface area contributed by atoms with E-state index in [1.54, 1.807) is 4.73 Å². The van der Waals surface area contributed by atoms with Gasteiger partial charge in [-0.3, -0.25) is 0 Å². The average molecular weight is 171 g/mol. The summed E-state index contributed by atoms with van der Waals surface area (Å²) in [6, 6.07) is 0. The van der Waals surface area contributed by atoms with E-state index in [2.05, 4.69) is 0 Å². The van der Waals surface area contributed by atoms with Crippen molar-refractivity contribution in [1.82, 2.24) is 4.73 Å². The fraction of sp³-hybridized carbons (Fsp3) is 0.625. The molecule has 0 saturated heterocycles. The van der Waals surface area contributed by atoms with Crippen molar-refractivity contribution < 1.29 is 14.1 Å². The van der Waals surface area contributed by atoms with Crippen LogP contribution < -0.4 is 9.40 Å². The van der Waals surface area contributed by atoms with Crippen molar-refractivity contribution in [3.05, 3.63) is 18.7 Å². The summed E-state index contributed by atoms with van der Waals surface area (Å²) in [6.07, 6.45) is 5.62. The van der Waals surface area contributed by atoms with E-state index in [-0.39, 0.29) is 0 Å². The number of aromatic nitrogens is 2. The van der Waals surface area contributed by atoms with Crippen LogP contribution in [0.3, 0.4) is 0 Å². The zero-order chi connectivity index (χ0) is 8.81. The van der Waals surface area contributed by atoms with Gasteiger partial charge in [-0.15, -0.1) is 0 Å². The van der Waals surface area contributed by atoms with Gasteiger partial charge >= 0.3 is 0 Å². The highest BCUT2D eigenvalue weighted by atomic mass is 16.7. The second kappa shape index (κ2) is 4.77. The van der Waals surface area contributed by atoms with Crippen molar-refractivity contribution in [3.63, 3.8) is 0 Å². The first-order chi connectivity index (χ1) is 5.83. The first kappa shape index (κ1) is 9.06. The Labute approximate surface area is 72.3 Å². The lowest BCUT2D eigenvalue weighted by Gasteiger charge is -1.99. The Hall–Kier alpha value is -1.03. The lowest BCUT2D eigenvalue weighted by atomic mass is 10.7. The van der Waals surface area contributed by atoms with Crippen LogP contribution in [0, 0.1) is 0 Å². The zero-order valence-electron chi connectivity index (χ0n) is 7.56. The number of ether oxygens (including phenoxy) is 1. The van der Waals surface area contributed by atoms with E-state index in [4.69, 9.17) is 9.57 Å². The maximum absolute atomic E-state index is 5.30. The van der Waals surface area contributed by atoms with E-state index in [9.17, 15) is 0 Å². The van der Waals surface area contributed by atoms with Gasteiger partial charge in [0.25, 0.3) is 6.33 Å². The molecule has 1 rings (SSSR count). The highest BCUT2D eigenvalue weighted by Gasteiger charge is 1.98. The summed E-state index contributed by atoms with van der Waals surface area (Å²) in [6.45, 7) is 3.93. The molecular formula is C8H15N2O2+. The molecule has 68 valence electrons. The van der Waals surface area contributed by atoms with Crippen LogP contribution in [0.15, 0.2) is 18.7 Å². The lowest BCUT2D eigenvalue weighted by molar-refractivity contribution is -0.672. The van der Waals surface area contributed by atoms with Gasteiger partial charge in [-0.1, -0.05) is 4.73 Å². The third kappa shape index (κ3) is 2.92. The molecule has 1 heterocycles. The minimum atomic E-state index is 0.586. The normalized spacial score (nSPS) is 10.2. The predicted octanol–water partition coefficient (Wildman–Crippen LogP) is -0.222. The van der Waals surface area contributed by atoms with Gasteiger partial charge in [0.1, 0.15) is 6.20 Å². The van der Waals surface area contributed by atoms with E-state index >= 15 is 0 Å². The molecular weight excluding hydrogens is 156 g/mol. The zero-order valence-corrected chi connectivity index (χ0v) is 7.56. The first-order valence-electron chi connectivity index (χ1n) is 4.07. The Morgan fingerprint density at radius 3 is 2.83 bits per heavy atom. The second-order valence-electron chi connectivity index (χ2n) is 2.47. The molecule has 0 spiro atoms. The smallest absolute Gasteiger partial charge is 0.284 e. The molecule has 0 aromatic carbocycles. The van der Waals surface area contributed by atoms with Crippen LogP contribution in [0.25, 0.3) is 0 Å². The molecule has 4 heteroatoms. The van der Waals surface area contributed by atoms with Crippen LogP contribution in [0.1, 0.15) is 6.92 Å². The fourth-order valence-corrected chi connectivity index (χ4v) is 0.850. The number of aryl methyl sites for hydroxylation is 1. The third-order valence-electron chi connectivity index (χ3n) is 1.42. The molecule has 4 nitrogen and oxygen atoms in total. The maximum atomic E-state index is 5.30. The van der Waals surface area contributed by atoms with E-state index < -0.39 is 0 Å². The standard InChI is InChI=1S/C8H15N2O2/c1-3-11-6-7-12-10-5-4-9(2)8-10/h4-5,8H,3,6-7H2,1-2H3/q+1. The molecule has 1 aromatic rings. The summed E-state index contributed by atoms with van der Waals surface area (Å²) in [5, 5.41) is 0. The van der Waals surface area contributed by atoms with Crippen molar-refractivity contribution >= 4 is 0 Å². The summed E-state index contributed by atoms with van der Waals surface area (Å²) >= 11 is 0. The average Bonchev–Trinajstić information content (AvgIpc) is 2.45. The largest absolute Gasteiger partial charge is 0.378 e. The molecule has 0 amide bonds. The molecule has 1 aromatic heterocycles. The summed E-state index contributed by atoms with van der Waals surface area (Å²) in [5.41, 5.74) is 0. The van der Waals surface area contributed by atoms with Crippen molar-refractivity contribution in [2.75, 3.05) is 19.8 Å². The number of rotatable bonds is 5. The topological polar surface area (TPSA) is 27.3 Å². The van der Waals surface area contributed by atoms with Crippen LogP contribution in [0.2, 0.25) is 0 Å². The molecule has 0 aliphatic heterocycles. The van der Waals surface area contributed by atoms with Crippen molar-refractivity contribution in [2.45, 2.75) is 6.92 Å². The van der Waals surface area contributed by atoms with Crippen molar-refractivity contribution in [2.24, 2.45) is 7.05 Å². The number of imidazole rings is 1. The number of hydrogen-bond acceptors (Lipinski definition) is 2. The lowest BCUT2D eigenvalue weighted by Crippen LogP contribution is -2.25. The van der Waals surface area contributed by atoms with Gasteiger partial charge in [-0.05, 0) is 6.92 Å². The fourth-order valence-electron chi connectivity index (χ4n) is 0.850. The van der Waals surface area contributed by atoms with Gasteiger partial charge in [0.05, 0.1) is 13.7 Å². The van der Waals surface area contributed by atoms with Gasteiger partial charge < -0.3 is 9.57 Å². The van der Waals surface area contributed by atoms with Gasteiger partial charge in [-0.2, -0.15) is 0 Å². The maximum Gasteiger partial charge on any atom is 0.284 e. The van der Waals surface area contributed by atoms with Crippen LogP contribution in [-0.4, -0.2) is 24.6 Å². The van der Waals surface area contributed by atoms with E-state index in [1.807, 2.05) is 37.3 Å². The van der Waals surface area contributed by atoms with Crippen molar-refractivity contribution in [1.29, 1.82) is 0 Å². The Kier molecular flexibility index (Phi) is 3.60. The Balaban J connectivity index is 2.15. The molecule has 0 bridgehead atoms. The molecule has 0 aliphatic carbocycles. The molecule has 0 saturated carbocycles. The summed E-state index contributed by atoms with van der Waals surface area (Å²) < 4.78 is 8.70. The minimum Gasteiger partial charge on any atom is -0.378 e. The van der Waals surface area contributed by atoms with Crippen LogP contribution >= 0.6 is 0 Å². The molecule has 0 radical (unpaired) electrons. The van der Waals surface area contributed by atoms with Crippen molar-refractivity contribution in [3.8, 4) is 0 Å². The Morgan fingerprint density at radius 2 is 2.25 bits per heavy atom. The second-order valence-corrected chi connectivity index (χ2v) is 2.47. The Morgan fingerprint density at radius 1 is 1.42 bits per heavy atom. The van der Waals surface area contributed by atoms with Crippen LogP contribution in [0.4, 0.5) is 0 Å². The van der Waals surface area contributed by atoms with Gasteiger partial charge in [0.15, 0.2) is 12.8 Å². The SMILES string of the molecule is CCOCCOn1cc[n+](C)c1. The summed E-state index contributed by atoms with van der Waals surface area (Å²) in [5.74, 6) is 0. The molecule has 0 N–H and O–H groups in total. The van der Waals surface area contributed by atoms with Crippen LogP contribution in [0.5, 0.6) is 0 Å². The summed E-state index contributed by atoms with van der Waals surface area (Å²) in [4.78, 5) is 5.30. The highest BCUT2D eigenvalue weighted by molar-refractivity contribution is 4.59. The molecule has 0 atom stereocenters. The quantitative estimate of drug-likeness (QED) is 0.452. The molecule has 0 unspecified atom stereocenters. The number of nitrogens with zero attached hydrogens (tertiary/aromatic N) is 2. The highest BCUT2D eigenvalue weighted by Crippen LogP contribution is 1.78. The Bertz CT molecular complexity index is 223. The molecule has 0 fully saturated rings. The van der Waals surface area contributed by atoms with E-state index in [1.165, 1.54) is 0 Å². The monoisotopic (exact) mass is 171 g/mol. The van der Waals surface area contributed by atoms with Gasteiger partial charge in [0.2, 0.25) is 0 Å². The minimum absolute atomic E-state index is 0.586.